The molecule has 3 atom stereocenters. The number of carboxylic acids is 1. The van der Waals surface area contributed by atoms with E-state index in [9.17, 15) is 24.3 Å². The third kappa shape index (κ3) is 3.87. The summed E-state index contributed by atoms with van der Waals surface area (Å²) < 4.78 is 9.82. The first-order valence-corrected chi connectivity index (χ1v) is 8.62. The van der Waals surface area contributed by atoms with Gasteiger partial charge in [0, 0.05) is 24.3 Å². The number of carbonyl (C=O) groups is 4. The van der Waals surface area contributed by atoms with Crippen LogP contribution in [0.3, 0.4) is 0 Å². The number of amides is 1. The molecule has 2 rings (SSSR count). The number of fused-ring (bicyclic) bond motifs is 1. The molecular weight excluding hydrogens is 350 g/mol. The van der Waals surface area contributed by atoms with Crippen LogP contribution in [0.5, 0.6) is 0 Å². The Hall–Kier alpha value is -2.29. The summed E-state index contributed by atoms with van der Waals surface area (Å²) in [5.74, 6) is -3.16. The molecule has 0 spiro atoms. The first-order valence-electron chi connectivity index (χ1n) is 7.74. The summed E-state index contributed by atoms with van der Waals surface area (Å²) in [5.41, 5.74) is -0.0835. The van der Waals surface area contributed by atoms with Crippen LogP contribution in [-0.2, 0) is 28.7 Å². The van der Waals surface area contributed by atoms with Crippen molar-refractivity contribution in [3.05, 3.63) is 22.1 Å². The highest BCUT2D eigenvalue weighted by atomic mass is 32.2. The largest absolute Gasteiger partial charge is 0.477 e. The van der Waals surface area contributed by atoms with Gasteiger partial charge in [0.25, 0.3) is 0 Å². The fraction of sp³-hybridized carbons (Fsp3) is 0.500. The van der Waals surface area contributed by atoms with Crippen molar-refractivity contribution in [2.24, 2.45) is 5.92 Å². The number of rotatable bonds is 7. The molecule has 2 heterocycles. The lowest BCUT2D eigenvalue weighted by Crippen LogP contribution is -2.62. The maximum absolute atomic E-state index is 12.3. The van der Waals surface area contributed by atoms with E-state index in [0.717, 1.165) is 11.8 Å². The Bertz CT molecular complexity index is 669. The standard InChI is InChI=1S/C16H19NO7S/c1-4-23-12(19)5-6-25-11-7-10-13(8(2)24-9(3)18)15(20)17(10)14(11)16(21)22/h5-6,8,10,13H,4,7H2,1-3H3,(H,21,22)/t8-,10+,13+/m0/s1. The molecule has 2 aliphatic heterocycles. The monoisotopic (exact) mass is 369 g/mol. The van der Waals surface area contributed by atoms with Crippen molar-refractivity contribution in [1.82, 2.24) is 4.90 Å². The minimum atomic E-state index is -1.21. The average molecular weight is 369 g/mol. The van der Waals surface area contributed by atoms with E-state index < -0.39 is 29.9 Å². The van der Waals surface area contributed by atoms with E-state index in [1.807, 2.05) is 0 Å². The third-order valence-electron chi connectivity index (χ3n) is 3.93. The quantitative estimate of drug-likeness (QED) is 0.406. The molecule has 25 heavy (non-hydrogen) atoms. The van der Waals surface area contributed by atoms with Crippen molar-refractivity contribution in [3.8, 4) is 0 Å². The van der Waals surface area contributed by atoms with E-state index >= 15 is 0 Å². The Balaban J connectivity index is 2.11. The summed E-state index contributed by atoms with van der Waals surface area (Å²) in [7, 11) is 0. The van der Waals surface area contributed by atoms with Crippen molar-refractivity contribution in [2.75, 3.05) is 6.61 Å². The molecule has 0 aliphatic carbocycles. The first-order chi connectivity index (χ1) is 11.8. The number of β-lactam (4-membered cyclic amide) rings is 1. The summed E-state index contributed by atoms with van der Waals surface area (Å²) in [4.78, 5) is 48.0. The molecule has 0 aromatic heterocycles. The van der Waals surface area contributed by atoms with Gasteiger partial charge in [-0.1, -0.05) is 11.8 Å². The third-order valence-corrected chi connectivity index (χ3v) is 4.85. The molecule has 1 fully saturated rings. The summed E-state index contributed by atoms with van der Waals surface area (Å²) in [6.07, 6.45) is 0.916. The molecule has 1 N–H and O–H groups in total. The van der Waals surface area contributed by atoms with Gasteiger partial charge in [-0.05, 0) is 19.3 Å². The predicted octanol–water partition coefficient (Wildman–Crippen LogP) is 1.27. The SMILES string of the molecule is CCOC(=O)C=CSC1=C(C(=O)O)N2C(=O)[C@H]([C@H](C)OC(C)=O)[C@H]2C1. The Kier molecular flexibility index (Phi) is 5.89. The summed E-state index contributed by atoms with van der Waals surface area (Å²) in [6, 6.07) is -0.355. The summed E-state index contributed by atoms with van der Waals surface area (Å²) in [5, 5.41) is 10.9. The van der Waals surface area contributed by atoms with Gasteiger partial charge in [-0.2, -0.15) is 0 Å². The molecule has 1 amide bonds. The number of thioether (sulfide) groups is 1. The lowest BCUT2D eigenvalue weighted by molar-refractivity contribution is -0.169. The van der Waals surface area contributed by atoms with E-state index in [4.69, 9.17) is 9.47 Å². The number of esters is 2. The number of carbonyl (C=O) groups excluding carboxylic acids is 3. The maximum Gasteiger partial charge on any atom is 0.353 e. The first kappa shape index (κ1) is 19.0. The van der Waals surface area contributed by atoms with Gasteiger partial charge in [0.1, 0.15) is 11.8 Å². The van der Waals surface area contributed by atoms with Crippen LogP contribution in [0.25, 0.3) is 0 Å². The second kappa shape index (κ2) is 7.73. The Morgan fingerprint density at radius 3 is 2.68 bits per heavy atom. The number of aliphatic carboxylic acids is 1. The highest BCUT2D eigenvalue weighted by molar-refractivity contribution is 8.05. The van der Waals surface area contributed by atoms with Gasteiger partial charge in [0.05, 0.1) is 18.6 Å². The molecule has 0 bridgehead atoms. The minimum Gasteiger partial charge on any atom is -0.477 e. The normalized spacial score (nSPS) is 23.3. The van der Waals surface area contributed by atoms with Crippen LogP contribution in [0.4, 0.5) is 0 Å². The lowest BCUT2D eigenvalue weighted by Gasteiger charge is -2.45. The Morgan fingerprint density at radius 2 is 2.12 bits per heavy atom. The van der Waals surface area contributed by atoms with Crippen molar-refractivity contribution < 1.29 is 33.8 Å². The molecule has 136 valence electrons. The molecule has 1 saturated heterocycles. The highest BCUT2D eigenvalue weighted by Crippen LogP contribution is 2.47. The number of carboxylic acid groups (broad SMARTS) is 1. The topological polar surface area (TPSA) is 110 Å². The predicted molar refractivity (Wildman–Crippen MR) is 88.0 cm³/mol. The van der Waals surface area contributed by atoms with Crippen molar-refractivity contribution in [1.29, 1.82) is 0 Å². The van der Waals surface area contributed by atoms with E-state index in [-0.39, 0.29) is 24.3 Å². The Labute approximate surface area is 148 Å². The zero-order valence-corrected chi connectivity index (χ0v) is 14.9. The number of hydrogen-bond donors (Lipinski definition) is 1. The number of hydrogen-bond acceptors (Lipinski definition) is 7. The van der Waals surface area contributed by atoms with Crippen LogP contribution in [0, 0.1) is 5.92 Å². The van der Waals surface area contributed by atoms with E-state index in [1.165, 1.54) is 23.3 Å². The molecule has 0 saturated carbocycles. The fourth-order valence-corrected chi connectivity index (χ4v) is 3.93. The van der Waals surface area contributed by atoms with Crippen LogP contribution < -0.4 is 0 Å². The van der Waals surface area contributed by atoms with Crippen LogP contribution in [0.2, 0.25) is 0 Å². The van der Waals surface area contributed by atoms with Crippen molar-refractivity contribution in [3.63, 3.8) is 0 Å². The molecule has 0 aromatic rings. The lowest BCUT2D eigenvalue weighted by atomic mass is 9.83. The second-order valence-electron chi connectivity index (χ2n) is 5.57. The van der Waals surface area contributed by atoms with Crippen LogP contribution in [0.1, 0.15) is 27.2 Å². The molecular formula is C16H19NO7S. The van der Waals surface area contributed by atoms with Gasteiger partial charge in [-0.3, -0.25) is 9.59 Å². The zero-order chi connectivity index (χ0) is 18.7. The molecule has 0 aromatic carbocycles. The van der Waals surface area contributed by atoms with E-state index in [1.54, 1.807) is 13.8 Å². The molecule has 0 unspecified atom stereocenters. The summed E-state index contributed by atoms with van der Waals surface area (Å²) >= 11 is 1.07. The van der Waals surface area contributed by atoms with Gasteiger partial charge in [0.15, 0.2) is 0 Å². The van der Waals surface area contributed by atoms with Gasteiger partial charge in [0.2, 0.25) is 5.91 Å². The van der Waals surface area contributed by atoms with E-state index in [2.05, 4.69) is 0 Å². The van der Waals surface area contributed by atoms with Crippen LogP contribution in [-0.4, -0.2) is 52.6 Å². The highest BCUT2D eigenvalue weighted by Gasteiger charge is 2.57. The molecule has 9 heteroatoms. The van der Waals surface area contributed by atoms with Crippen LogP contribution >= 0.6 is 11.8 Å². The van der Waals surface area contributed by atoms with Crippen LogP contribution in [0.15, 0.2) is 22.1 Å². The van der Waals surface area contributed by atoms with Gasteiger partial charge in [-0.15, -0.1) is 0 Å². The summed E-state index contributed by atoms with van der Waals surface area (Å²) in [6.45, 7) is 4.81. The number of nitrogens with zero attached hydrogens (tertiary/aromatic N) is 1. The van der Waals surface area contributed by atoms with E-state index in [0.29, 0.717) is 11.3 Å². The average Bonchev–Trinajstić information content (AvgIpc) is 2.81. The van der Waals surface area contributed by atoms with Gasteiger partial charge in [-0.25, -0.2) is 9.59 Å². The molecule has 0 radical (unpaired) electrons. The molecule has 8 nitrogen and oxygen atoms in total. The molecule has 2 aliphatic rings. The van der Waals surface area contributed by atoms with Gasteiger partial charge < -0.3 is 19.5 Å². The maximum atomic E-state index is 12.3. The number of ether oxygens (including phenoxy) is 2. The van der Waals surface area contributed by atoms with Crippen molar-refractivity contribution >= 4 is 35.6 Å². The minimum absolute atomic E-state index is 0.0835. The van der Waals surface area contributed by atoms with Crippen molar-refractivity contribution in [2.45, 2.75) is 39.3 Å². The Morgan fingerprint density at radius 1 is 1.44 bits per heavy atom. The van der Waals surface area contributed by atoms with Gasteiger partial charge >= 0.3 is 17.9 Å². The smallest absolute Gasteiger partial charge is 0.353 e. The zero-order valence-electron chi connectivity index (χ0n) is 14.1. The second-order valence-corrected chi connectivity index (χ2v) is 6.57. The fourth-order valence-electron chi connectivity index (χ4n) is 3.02.